The van der Waals surface area contributed by atoms with Crippen LogP contribution in [0, 0.1) is 5.92 Å². The summed E-state index contributed by atoms with van der Waals surface area (Å²) in [4.78, 5) is 10.6. The van der Waals surface area contributed by atoms with Gasteiger partial charge in [0.1, 0.15) is 6.29 Å². The summed E-state index contributed by atoms with van der Waals surface area (Å²) in [5, 5.41) is 0.241. The second-order valence-corrected chi connectivity index (χ2v) is 12.3. The van der Waals surface area contributed by atoms with Gasteiger partial charge in [0.15, 0.2) is 8.32 Å². The first kappa shape index (κ1) is 18.8. The highest BCUT2D eigenvalue weighted by molar-refractivity contribution is 6.74. The van der Waals surface area contributed by atoms with Gasteiger partial charge in [0.05, 0.1) is 0 Å². The molecule has 0 aromatic rings. The minimum atomic E-state index is -1.71. The molecule has 0 unspecified atom stereocenters. The first-order chi connectivity index (χ1) is 8.60. The maximum Gasteiger partial charge on any atom is 0.192 e. The van der Waals surface area contributed by atoms with E-state index in [1.54, 1.807) is 0 Å². The number of rotatable bonds is 9. The molecule has 19 heavy (non-hydrogen) atoms. The maximum atomic E-state index is 10.6. The zero-order valence-electron chi connectivity index (χ0n) is 14.1. The highest BCUT2D eigenvalue weighted by Gasteiger charge is 2.38. The maximum absolute atomic E-state index is 10.6. The molecule has 0 bridgehead atoms. The third-order valence-electron chi connectivity index (χ3n) is 4.18. The predicted octanol–water partition coefficient (Wildman–Crippen LogP) is 5.18. The lowest BCUT2D eigenvalue weighted by molar-refractivity contribution is -0.108. The molecule has 1 atom stereocenters. The molecule has 0 heterocycles. The Hall–Kier alpha value is -0.153. The Labute approximate surface area is 121 Å². The van der Waals surface area contributed by atoms with Crippen molar-refractivity contribution in [1.29, 1.82) is 0 Å². The van der Waals surface area contributed by atoms with Gasteiger partial charge in [0.25, 0.3) is 0 Å². The van der Waals surface area contributed by atoms with Gasteiger partial charge in [-0.05, 0) is 36.9 Å². The van der Waals surface area contributed by atoms with Crippen LogP contribution in [-0.2, 0) is 9.22 Å². The summed E-state index contributed by atoms with van der Waals surface area (Å²) in [6.45, 7) is 15.9. The SMILES string of the molecule is CC(C)CCC[C@H](CCC=O)O[Si](C)(C)C(C)(C)C. The highest BCUT2D eigenvalue weighted by Crippen LogP contribution is 2.38. The molecule has 0 saturated carbocycles. The monoisotopic (exact) mass is 286 g/mol. The molecule has 0 saturated heterocycles. The van der Waals surface area contributed by atoms with Crippen molar-refractivity contribution >= 4 is 14.6 Å². The van der Waals surface area contributed by atoms with Crippen molar-refractivity contribution in [1.82, 2.24) is 0 Å². The van der Waals surface area contributed by atoms with E-state index in [0.717, 1.165) is 25.0 Å². The Morgan fingerprint density at radius 1 is 1.11 bits per heavy atom. The molecule has 0 amide bonds. The highest BCUT2D eigenvalue weighted by atomic mass is 28.4. The molecule has 0 radical (unpaired) electrons. The average Bonchev–Trinajstić information content (AvgIpc) is 2.23. The fourth-order valence-electron chi connectivity index (χ4n) is 1.86. The van der Waals surface area contributed by atoms with Crippen LogP contribution in [0.3, 0.4) is 0 Å². The van der Waals surface area contributed by atoms with Crippen LogP contribution in [0.2, 0.25) is 18.1 Å². The normalized spacial score (nSPS) is 14.7. The minimum absolute atomic E-state index is 0.241. The first-order valence-electron chi connectivity index (χ1n) is 7.71. The van der Waals surface area contributed by atoms with Crippen LogP contribution in [0.5, 0.6) is 0 Å². The molecule has 0 rings (SSSR count). The van der Waals surface area contributed by atoms with Gasteiger partial charge >= 0.3 is 0 Å². The summed E-state index contributed by atoms with van der Waals surface area (Å²) in [6.07, 6.45) is 6.34. The number of carbonyl (C=O) groups is 1. The number of hydrogen-bond donors (Lipinski definition) is 0. The predicted molar refractivity (Wildman–Crippen MR) is 86.1 cm³/mol. The largest absolute Gasteiger partial charge is 0.414 e. The van der Waals surface area contributed by atoms with Crippen LogP contribution in [0.1, 0.15) is 66.7 Å². The minimum Gasteiger partial charge on any atom is -0.414 e. The van der Waals surface area contributed by atoms with E-state index in [-0.39, 0.29) is 11.1 Å². The Kier molecular flexibility index (Phi) is 8.14. The van der Waals surface area contributed by atoms with E-state index in [4.69, 9.17) is 4.43 Å². The summed E-state index contributed by atoms with van der Waals surface area (Å²) in [7, 11) is -1.71. The lowest BCUT2D eigenvalue weighted by Gasteiger charge is -2.39. The molecule has 0 aliphatic heterocycles. The van der Waals surface area contributed by atoms with Gasteiger partial charge in [0, 0.05) is 12.5 Å². The van der Waals surface area contributed by atoms with Crippen LogP contribution in [0.25, 0.3) is 0 Å². The second-order valence-electron chi connectivity index (χ2n) is 7.57. The molecule has 2 nitrogen and oxygen atoms in total. The molecule has 0 aliphatic rings. The van der Waals surface area contributed by atoms with Crippen molar-refractivity contribution in [3.63, 3.8) is 0 Å². The molecule has 0 aromatic heterocycles. The van der Waals surface area contributed by atoms with Crippen LogP contribution in [0.15, 0.2) is 0 Å². The third kappa shape index (κ3) is 7.88. The van der Waals surface area contributed by atoms with Crippen molar-refractivity contribution < 1.29 is 9.22 Å². The summed E-state index contributed by atoms with van der Waals surface area (Å²) in [5.41, 5.74) is 0. The van der Waals surface area contributed by atoms with Gasteiger partial charge in [-0.1, -0.05) is 47.5 Å². The van der Waals surface area contributed by atoms with Gasteiger partial charge in [-0.2, -0.15) is 0 Å². The molecule has 0 N–H and O–H groups in total. The zero-order chi connectivity index (χ0) is 15.1. The fourth-order valence-corrected chi connectivity index (χ4v) is 3.29. The average molecular weight is 287 g/mol. The van der Waals surface area contributed by atoms with Crippen LogP contribution in [-0.4, -0.2) is 20.7 Å². The Morgan fingerprint density at radius 3 is 2.11 bits per heavy atom. The van der Waals surface area contributed by atoms with Crippen LogP contribution >= 0.6 is 0 Å². The molecule has 0 aromatic carbocycles. The Bertz CT molecular complexity index is 254. The van der Waals surface area contributed by atoms with Gasteiger partial charge in [-0.3, -0.25) is 0 Å². The zero-order valence-corrected chi connectivity index (χ0v) is 15.1. The van der Waals surface area contributed by atoms with Gasteiger partial charge in [-0.15, -0.1) is 0 Å². The van der Waals surface area contributed by atoms with Crippen molar-refractivity contribution in [2.24, 2.45) is 5.92 Å². The van der Waals surface area contributed by atoms with E-state index in [0.29, 0.717) is 6.42 Å². The van der Waals surface area contributed by atoms with Gasteiger partial charge in [0.2, 0.25) is 0 Å². The standard InChI is InChI=1S/C16H34O2Si/c1-14(2)10-8-11-15(12-9-13-17)18-19(6,7)16(3,4)5/h13-15H,8-12H2,1-7H3/t15-/m1/s1. The smallest absolute Gasteiger partial charge is 0.192 e. The topological polar surface area (TPSA) is 26.3 Å². The molecular formula is C16H34O2Si. The van der Waals surface area contributed by atoms with Gasteiger partial charge in [-0.25, -0.2) is 0 Å². The van der Waals surface area contributed by atoms with E-state index in [1.165, 1.54) is 12.8 Å². The number of aldehydes is 1. The van der Waals surface area contributed by atoms with Crippen molar-refractivity contribution in [3.8, 4) is 0 Å². The number of hydrogen-bond acceptors (Lipinski definition) is 2. The second kappa shape index (κ2) is 8.20. The van der Waals surface area contributed by atoms with E-state index in [1.807, 2.05) is 0 Å². The van der Waals surface area contributed by atoms with Crippen molar-refractivity contribution in [2.45, 2.75) is 91.0 Å². The van der Waals surface area contributed by atoms with E-state index < -0.39 is 8.32 Å². The van der Waals surface area contributed by atoms with Gasteiger partial charge < -0.3 is 9.22 Å². The van der Waals surface area contributed by atoms with Crippen LogP contribution < -0.4 is 0 Å². The lowest BCUT2D eigenvalue weighted by Crippen LogP contribution is -2.44. The lowest BCUT2D eigenvalue weighted by atomic mass is 10.0. The summed E-state index contributed by atoms with van der Waals surface area (Å²) >= 11 is 0. The van der Waals surface area contributed by atoms with E-state index in [2.05, 4.69) is 47.7 Å². The van der Waals surface area contributed by atoms with E-state index in [9.17, 15) is 4.79 Å². The Balaban J connectivity index is 4.45. The van der Waals surface area contributed by atoms with Crippen molar-refractivity contribution in [2.75, 3.05) is 0 Å². The third-order valence-corrected chi connectivity index (χ3v) is 8.72. The molecule has 0 aliphatic carbocycles. The molecular weight excluding hydrogens is 252 g/mol. The summed E-state index contributed by atoms with van der Waals surface area (Å²) in [5.74, 6) is 0.750. The molecule has 0 fully saturated rings. The molecule has 114 valence electrons. The summed E-state index contributed by atoms with van der Waals surface area (Å²) < 4.78 is 6.47. The van der Waals surface area contributed by atoms with Crippen molar-refractivity contribution in [3.05, 3.63) is 0 Å². The number of carbonyl (C=O) groups excluding carboxylic acids is 1. The fraction of sp³-hybridized carbons (Fsp3) is 0.938. The molecule has 3 heteroatoms. The van der Waals surface area contributed by atoms with E-state index >= 15 is 0 Å². The quantitative estimate of drug-likeness (QED) is 0.431. The van der Waals surface area contributed by atoms with Crippen LogP contribution in [0.4, 0.5) is 0 Å². The summed E-state index contributed by atoms with van der Waals surface area (Å²) in [6, 6.07) is 0. The first-order valence-corrected chi connectivity index (χ1v) is 10.6. The molecule has 0 spiro atoms. The Morgan fingerprint density at radius 2 is 1.68 bits per heavy atom.